The van der Waals surface area contributed by atoms with E-state index >= 15 is 0 Å². The number of unbranched alkanes of at least 4 members (excludes halogenated alkanes) is 2. The zero-order valence-electron chi connectivity index (χ0n) is 48.5. The summed E-state index contributed by atoms with van der Waals surface area (Å²) in [6, 6.07) is 99.2. The monoisotopic (exact) mass is 1050 g/mol. The zero-order chi connectivity index (χ0) is 55.8. The maximum Gasteiger partial charge on any atom is 0.0780 e. The molecule has 402 valence electrons. The van der Waals surface area contributed by atoms with Gasteiger partial charge in [-0.2, -0.15) is 0 Å². The van der Waals surface area contributed by atoms with Crippen molar-refractivity contribution in [3.8, 4) is 33.4 Å². The number of nitrogens with zero attached hydrogens (tertiary/aromatic N) is 2. The number of fused-ring (bicyclic) bond motifs is 3. The van der Waals surface area contributed by atoms with Gasteiger partial charge in [0.05, 0.1) is 55.4 Å². The molecule has 0 N–H and O–H groups in total. The van der Waals surface area contributed by atoms with Gasteiger partial charge in [0.15, 0.2) is 0 Å². The quantitative estimate of drug-likeness (QED) is 0.0405. The standard InChI is InChI=1S/C79H78N2/c1-80(2,3)55-27-25-53-79(54-26-28-56-81(4,5)6)73-57-69(59-41-45-67(46-42-59)77(65-37-21-11-22-38-65)75(61-29-13-7-14-30-61)62-31-15-8-16-32-62)49-51-71(73)72-52-50-70(58-74(72)79)60-43-47-68(48-44-60)78(66-39-23-12-24-40-66)76(63-33-17-9-18-34-63)64-35-19-10-20-36-64/h7-24,29-52,57-58H,25-28,53-56H2,1-6H3/q+2. The summed E-state index contributed by atoms with van der Waals surface area (Å²) in [6.07, 6.45) is 6.94. The SMILES string of the molecule is C[N+](C)(C)CCCCC1(CCCC[N+](C)(C)C)c2cc(-c3ccc(C(=C(c4ccccc4)c4ccccc4)c4ccccc4)cc3)ccc2-c2ccc(-c3ccc(C(=C(c4ccccc4)c4ccccc4)c4ccccc4)cc3)cc21. The van der Waals surface area contributed by atoms with Gasteiger partial charge >= 0.3 is 0 Å². The van der Waals surface area contributed by atoms with E-state index in [2.05, 4.69) is 309 Å². The maximum atomic E-state index is 2.60. The first kappa shape index (κ1) is 54.6. The van der Waals surface area contributed by atoms with Crippen molar-refractivity contribution in [1.82, 2.24) is 0 Å². The van der Waals surface area contributed by atoms with Crippen LogP contribution in [0.5, 0.6) is 0 Å². The molecule has 10 aromatic rings. The Morgan fingerprint density at radius 3 is 0.741 bits per heavy atom. The topological polar surface area (TPSA) is 0 Å². The lowest BCUT2D eigenvalue weighted by Gasteiger charge is -2.34. The minimum absolute atomic E-state index is 0.140. The number of benzene rings is 10. The van der Waals surface area contributed by atoms with Crippen LogP contribution in [0.25, 0.3) is 55.7 Å². The third-order valence-corrected chi connectivity index (χ3v) is 16.6. The van der Waals surface area contributed by atoms with Gasteiger partial charge in [-0.05, 0) is 162 Å². The Labute approximate surface area is 483 Å². The Hall–Kier alpha value is -8.40. The third kappa shape index (κ3) is 12.3. The second-order valence-electron chi connectivity index (χ2n) is 24.4. The number of rotatable bonds is 20. The molecule has 0 amide bonds. The van der Waals surface area contributed by atoms with Crippen LogP contribution in [0.15, 0.2) is 267 Å². The largest absolute Gasteiger partial charge is 0.331 e. The molecule has 0 bridgehead atoms. The molecule has 1 aliphatic rings. The van der Waals surface area contributed by atoms with Crippen molar-refractivity contribution in [1.29, 1.82) is 0 Å². The van der Waals surface area contributed by atoms with Gasteiger partial charge in [0, 0.05) is 5.41 Å². The van der Waals surface area contributed by atoms with E-state index in [1.807, 2.05) is 0 Å². The smallest absolute Gasteiger partial charge is 0.0780 e. The number of hydrogen-bond donors (Lipinski definition) is 0. The highest BCUT2D eigenvalue weighted by atomic mass is 15.3. The van der Waals surface area contributed by atoms with E-state index in [1.54, 1.807) is 0 Å². The van der Waals surface area contributed by atoms with Gasteiger partial charge in [-0.15, -0.1) is 0 Å². The van der Waals surface area contributed by atoms with Gasteiger partial charge < -0.3 is 8.97 Å². The highest BCUT2D eigenvalue weighted by molar-refractivity contribution is 6.06. The van der Waals surface area contributed by atoms with Gasteiger partial charge in [-0.3, -0.25) is 0 Å². The summed E-state index contributed by atoms with van der Waals surface area (Å²) >= 11 is 0. The molecule has 0 spiro atoms. The molecule has 1 aliphatic carbocycles. The van der Waals surface area contributed by atoms with Gasteiger partial charge in [-0.1, -0.05) is 255 Å². The molecule has 2 nitrogen and oxygen atoms in total. The lowest BCUT2D eigenvalue weighted by Crippen LogP contribution is -2.36. The minimum atomic E-state index is -0.140. The van der Waals surface area contributed by atoms with E-state index < -0.39 is 0 Å². The van der Waals surface area contributed by atoms with Crippen LogP contribution in [0.2, 0.25) is 0 Å². The molecular weight excluding hydrogens is 977 g/mol. The molecule has 0 saturated heterocycles. The van der Waals surface area contributed by atoms with Crippen LogP contribution in [-0.4, -0.2) is 64.3 Å². The highest BCUT2D eigenvalue weighted by Crippen LogP contribution is 2.56. The van der Waals surface area contributed by atoms with Gasteiger partial charge in [0.25, 0.3) is 0 Å². The minimum Gasteiger partial charge on any atom is -0.331 e. The van der Waals surface area contributed by atoms with Crippen molar-refractivity contribution >= 4 is 22.3 Å². The fourth-order valence-electron chi connectivity index (χ4n) is 12.7. The van der Waals surface area contributed by atoms with E-state index in [-0.39, 0.29) is 5.41 Å². The van der Waals surface area contributed by atoms with Crippen LogP contribution in [-0.2, 0) is 5.41 Å². The molecule has 10 aromatic carbocycles. The molecule has 0 unspecified atom stereocenters. The van der Waals surface area contributed by atoms with Crippen molar-refractivity contribution in [2.75, 3.05) is 55.4 Å². The van der Waals surface area contributed by atoms with Crippen molar-refractivity contribution in [3.63, 3.8) is 0 Å². The van der Waals surface area contributed by atoms with Crippen LogP contribution in [0.3, 0.4) is 0 Å². The predicted molar refractivity (Wildman–Crippen MR) is 346 cm³/mol. The fourth-order valence-corrected chi connectivity index (χ4v) is 12.7. The molecule has 0 heterocycles. The molecule has 0 aromatic heterocycles. The third-order valence-electron chi connectivity index (χ3n) is 16.6. The van der Waals surface area contributed by atoms with E-state index in [9.17, 15) is 0 Å². The van der Waals surface area contributed by atoms with Crippen LogP contribution < -0.4 is 0 Å². The molecule has 0 atom stereocenters. The summed E-state index contributed by atoms with van der Waals surface area (Å²) in [4.78, 5) is 0. The van der Waals surface area contributed by atoms with Gasteiger partial charge in [0.2, 0.25) is 0 Å². The molecule has 0 radical (unpaired) electrons. The van der Waals surface area contributed by atoms with Crippen LogP contribution in [0, 0.1) is 0 Å². The molecule has 0 aliphatic heterocycles. The number of quaternary nitrogens is 2. The molecule has 0 saturated carbocycles. The Bertz CT molecular complexity index is 3410. The van der Waals surface area contributed by atoms with Gasteiger partial charge in [-0.25, -0.2) is 0 Å². The average Bonchev–Trinajstić information content (AvgIpc) is 3.84. The normalized spacial score (nSPS) is 12.6. The molecular formula is C79H78N2+2. The van der Waals surface area contributed by atoms with Crippen molar-refractivity contribution in [2.45, 2.75) is 43.9 Å². The van der Waals surface area contributed by atoms with E-state index in [0.717, 1.165) is 34.9 Å². The zero-order valence-corrected chi connectivity index (χ0v) is 48.5. The number of hydrogen-bond acceptors (Lipinski definition) is 0. The summed E-state index contributed by atoms with van der Waals surface area (Å²) in [7, 11) is 14.0. The van der Waals surface area contributed by atoms with Crippen LogP contribution >= 0.6 is 0 Å². The first-order chi connectivity index (χ1) is 39.4. The lowest BCUT2D eigenvalue weighted by atomic mass is 9.70. The predicted octanol–water partition coefficient (Wildman–Crippen LogP) is 19.1. The Morgan fingerprint density at radius 2 is 0.494 bits per heavy atom. The molecule has 81 heavy (non-hydrogen) atoms. The van der Waals surface area contributed by atoms with E-state index in [0.29, 0.717) is 0 Å². The second kappa shape index (κ2) is 24.1. The van der Waals surface area contributed by atoms with Crippen LogP contribution in [0.1, 0.15) is 94.2 Å². The lowest BCUT2D eigenvalue weighted by molar-refractivity contribution is -0.870. The first-order valence-corrected chi connectivity index (χ1v) is 29.4. The maximum absolute atomic E-state index is 2.60. The summed E-state index contributed by atoms with van der Waals surface area (Å²) in [5, 5.41) is 0. The van der Waals surface area contributed by atoms with Crippen molar-refractivity contribution in [2.24, 2.45) is 0 Å². The summed E-state index contributed by atoms with van der Waals surface area (Å²) in [5.41, 5.74) is 25.2. The van der Waals surface area contributed by atoms with Crippen molar-refractivity contribution in [3.05, 3.63) is 323 Å². The Morgan fingerprint density at radius 1 is 0.259 bits per heavy atom. The van der Waals surface area contributed by atoms with Crippen LogP contribution in [0.4, 0.5) is 0 Å². The molecule has 11 rings (SSSR count). The molecule has 0 fully saturated rings. The highest BCUT2D eigenvalue weighted by Gasteiger charge is 2.43. The van der Waals surface area contributed by atoms with E-state index in [1.165, 1.54) is 137 Å². The Kier molecular flexibility index (Phi) is 16.3. The van der Waals surface area contributed by atoms with E-state index in [4.69, 9.17) is 0 Å². The second-order valence-corrected chi connectivity index (χ2v) is 24.4. The van der Waals surface area contributed by atoms with Gasteiger partial charge in [0.1, 0.15) is 0 Å². The average molecular weight is 1060 g/mol. The fraction of sp³-hybridized carbons (Fsp3) is 0.190. The Balaban J connectivity index is 1.02. The summed E-state index contributed by atoms with van der Waals surface area (Å²) < 4.78 is 1.95. The molecule has 2 heteroatoms. The first-order valence-electron chi connectivity index (χ1n) is 29.4. The summed E-state index contributed by atoms with van der Waals surface area (Å²) in [5.74, 6) is 0. The van der Waals surface area contributed by atoms with Crippen molar-refractivity contribution < 1.29 is 8.97 Å². The summed E-state index contributed by atoms with van der Waals surface area (Å²) in [6.45, 7) is 2.31.